The Morgan fingerprint density at radius 3 is 2.39 bits per heavy atom. The van der Waals surface area contributed by atoms with Crippen molar-refractivity contribution in [3.8, 4) is 0 Å². The number of unbranched alkanes of at least 4 members (excludes halogenated alkanes) is 2. The summed E-state index contributed by atoms with van der Waals surface area (Å²) in [4.78, 5) is 2.45. The lowest BCUT2D eigenvalue weighted by atomic mass is 10.2. The minimum Gasteiger partial charge on any atom is -0.396 e. The van der Waals surface area contributed by atoms with Crippen LogP contribution >= 0.6 is 0 Å². The molecule has 0 radical (unpaired) electrons. The zero-order chi connectivity index (χ0) is 12.6. The van der Waals surface area contributed by atoms with E-state index in [4.69, 9.17) is 5.11 Å². The van der Waals surface area contributed by atoms with Gasteiger partial charge in [0.2, 0.25) is 0 Å². The molecule has 0 amide bonds. The highest BCUT2D eigenvalue weighted by Gasteiger charge is 2.11. The van der Waals surface area contributed by atoms with Gasteiger partial charge in [-0.2, -0.15) is 0 Å². The Labute approximate surface area is 110 Å². The summed E-state index contributed by atoms with van der Waals surface area (Å²) in [5, 5.41) is 12.1. The summed E-state index contributed by atoms with van der Waals surface area (Å²) in [6.07, 6.45) is 5.77. The van der Waals surface area contributed by atoms with Crippen LogP contribution in [0.2, 0.25) is 0 Å². The summed E-state index contributed by atoms with van der Waals surface area (Å²) in [7, 11) is 0. The summed E-state index contributed by atoms with van der Waals surface area (Å²) < 4.78 is 0. The number of aliphatic hydroxyl groups is 1. The third kappa shape index (κ3) is 3.91. The molecule has 1 aromatic carbocycles. The molecular formula is C15H24N2O. The van der Waals surface area contributed by atoms with Crippen molar-refractivity contribution in [3.05, 3.63) is 24.3 Å². The fourth-order valence-electron chi connectivity index (χ4n) is 2.41. The topological polar surface area (TPSA) is 35.5 Å². The van der Waals surface area contributed by atoms with Gasteiger partial charge in [-0.05, 0) is 56.4 Å². The summed E-state index contributed by atoms with van der Waals surface area (Å²) in [6, 6.07) is 8.75. The molecule has 1 aromatic rings. The lowest BCUT2D eigenvalue weighted by Gasteiger charge is -2.18. The van der Waals surface area contributed by atoms with Gasteiger partial charge in [-0.25, -0.2) is 0 Å². The highest BCUT2D eigenvalue weighted by molar-refractivity contribution is 5.55. The molecule has 0 saturated carbocycles. The average molecular weight is 248 g/mol. The monoisotopic (exact) mass is 248 g/mol. The van der Waals surface area contributed by atoms with Crippen molar-refractivity contribution in [2.75, 3.05) is 36.5 Å². The molecule has 1 aliphatic rings. The predicted molar refractivity (Wildman–Crippen MR) is 77.3 cm³/mol. The van der Waals surface area contributed by atoms with Gasteiger partial charge in [0, 0.05) is 37.6 Å². The summed E-state index contributed by atoms with van der Waals surface area (Å²) in [5.41, 5.74) is 2.54. The molecule has 0 aliphatic carbocycles. The van der Waals surface area contributed by atoms with Gasteiger partial charge in [-0.3, -0.25) is 0 Å². The van der Waals surface area contributed by atoms with Gasteiger partial charge in [-0.1, -0.05) is 0 Å². The van der Waals surface area contributed by atoms with Crippen LogP contribution in [-0.2, 0) is 0 Å². The highest BCUT2D eigenvalue weighted by atomic mass is 16.2. The first kappa shape index (κ1) is 13.2. The van der Waals surface area contributed by atoms with E-state index in [1.807, 2.05) is 0 Å². The van der Waals surface area contributed by atoms with Crippen LogP contribution in [0.25, 0.3) is 0 Å². The van der Waals surface area contributed by atoms with Crippen LogP contribution < -0.4 is 10.2 Å². The number of aliphatic hydroxyl groups excluding tert-OH is 1. The molecule has 1 heterocycles. The normalized spacial score (nSPS) is 15.1. The second-order valence-corrected chi connectivity index (χ2v) is 4.95. The smallest absolute Gasteiger partial charge is 0.0431 e. The van der Waals surface area contributed by atoms with Crippen molar-refractivity contribution >= 4 is 11.4 Å². The zero-order valence-corrected chi connectivity index (χ0v) is 11.1. The molecule has 18 heavy (non-hydrogen) atoms. The predicted octanol–water partition coefficient (Wildman–Crippen LogP) is 2.86. The quantitative estimate of drug-likeness (QED) is 0.728. The molecule has 0 spiro atoms. The van der Waals surface area contributed by atoms with Gasteiger partial charge >= 0.3 is 0 Å². The minimum atomic E-state index is 0.310. The summed E-state index contributed by atoms with van der Waals surface area (Å²) in [5.74, 6) is 0. The van der Waals surface area contributed by atoms with Crippen LogP contribution in [0.1, 0.15) is 32.1 Å². The maximum absolute atomic E-state index is 8.69. The summed E-state index contributed by atoms with van der Waals surface area (Å²) in [6.45, 7) is 3.70. The molecule has 0 unspecified atom stereocenters. The Morgan fingerprint density at radius 2 is 1.72 bits per heavy atom. The highest BCUT2D eigenvalue weighted by Crippen LogP contribution is 2.21. The number of rotatable bonds is 7. The Hall–Kier alpha value is -1.22. The largest absolute Gasteiger partial charge is 0.396 e. The number of hydrogen-bond donors (Lipinski definition) is 2. The molecule has 2 rings (SSSR count). The second kappa shape index (κ2) is 7.27. The van der Waals surface area contributed by atoms with E-state index >= 15 is 0 Å². The van der Waals surface area contributed by atoms with Gasteiger partial charge < -0.3 is 15.3 Å². The molecular weight excluding hydrogens is 224 g/mol. The van der Waals surface area contributed by atoms with E-state index in [0.29, 0.717) is 6.61 Å². The summed E-state index contributed by atoms with van der Waals surface area (Å²) >= 11 is 0. The molecule has 3 nitrogen and oxygen atoms in total. The van der Waals surface area contributed by atoms with E-state index in [1.54, 1.807) is 0 Å². The molecule has 1 fully saturated rings. The Balaban J connectivity index is 1.73. The lowest BCUT2D eigenvalue weighted by Crippen LogP contribution is -2.17. The molecule has 2 N–H and O–H groups in total. The van der Waals surface area contributed by atoms with E-state index in [0.717, 1.165) is 25.8 Å². The van der Waals surface area contributed by atoms with Crippen molar-refractivity contribution in [2.24, 2.45) is 0 Å². The SMILES string of the molecule is OCCCCCNc1ccc(N2CCCC2)cc1. The number of nitrogens with one attached hydrogen (secondary N) is 1. The van der Waals surface area contributed by atoms with E-state index in [1.165, 1.54) is 37.3 Å². The van der Waals surface area contributed by atoms with Crippen LogP contribution in [0.4, 0.5) is 11.4 Å². The average Bonchev–Trinajstić information content (AvgIpc) is 2.93. The maximum atomic E-state index is 8.69. The first-order valence-electron chi connectivity index (χ1n) is 7.10. The Morgan fingerprint density at radius 1 is 1.00 bits per heavy atom. The van der Waals surface area contributed by atoms with Crippen molar-refractivity contribution in [1.82, 2.24) is 0 Å². The van der Waals surface area contributed by atoms with Crippen molar-refractivity contribution in [2.45, 2.75) is 32.1 Å². The molecule has 100 valence electrons. The van der Waals surface area contributed by atoms with E-state index in [9.17, 15) is 0 Å². The van der Waals surface area contributed by atoms with Gasteiger partial charge in [0.25, 0.3) is 0 Å². The second-order valence-electron chi connectivity index (χ2n) is 4.95. The van der Waals surface area contributed by atoms with Gasteiger partial charge in [0.1, 0.15) is 0 Å². The van der Waals surface area contributed by atoms with E-state index < -0.39 is 0 Å². The zero-order valence-electron chi connectivity index (χ0n) is 11.1. The van der Waals surface area contributed by atoms with Crippen molar-refractivity contribution < 1.29 is 5.11 Å². The fraction of sp³-hybridized carbons (Fsp3) is 0.600. The van der Waals surface area contributed by atoms with Crippen LogP contribution in [0.5, 0.6) is 0 Å². The Bertz CT molecular complexity index is 331. The number of nitrogens with zero attached hydrogens (tertiary/aromatic N) is 1. The first-order chi connectivity index (χ1) is 8.90. The fourth-order valence-corrected chi connectivity index (χ4v) is 2.41. The number of hydrogen-bond acceptors (Lipinski definition) is 3. The maximum Gasteiger partial charge on any atom is 0.0431 e. The van der Waals surface area contributed by atoms with Gasteiger partial charge in [0.05, 0.1) is 0 Å². The van der Waals surface area contributed by atoms with E-state index in [-0.39, 0.29) is 0 Å². The minimum absolute atomic E-state index is 0.310. The third-order valence-electron chi connectivity index (χ3n) is 3.50. The van der Waals surface area contributed by atoms with Gasteiger partial charge in [0.15, 0.2) is 0 Å². The van der Waals surface area contributed by atoms with Gasteiger partial charge in [-0.15, -0.1) is 0 Å². The molecule has 1 saturated heterocycles. The molecule has 1 aliphatic heterocycles. The molecule has 0 atom stereocenters. The van der Waals surface area contributed by atoms with E-state index in [2.05, 4.69) is 34.5 Å². The third-order valence-corrected chi connectivity index (χ3v) is 3.50. The Kier molecular flexibility index (Phi) is 5.34. The standard InChI is InChI=1S/C15H24N2O/c18-13-5-1-2-10-16-14-6-8-15(9-7-14)17-11-3-4-12-17/h6-9,16,18H,1-5,10-13H2. The van der Waals surface area contributed by atoms with Crippen molar-refractivity contribution in [3.63, 3.8) is 0 Å². The molecule has 0 bridgehead atoms. The van der Waals surface area contributed by atoms with Crippen LogP contribution in [-0.4, -0.2) is 31.3 Å². The van der Waals surface area contributed by atoms with Crippen LogP contribution in [0.3, 0.4) is 0 Å². The number of anilines is 2. The number of benzene rings is 1. The molecule has 0 aromatic heterocycles. The van der Waals surface area contributed by atoms with Crippen molar-refractivity contribution in [1.29, 1.82) is 0 Å². The lowest BCUT2D eigenvalue weighted by molar-refractivity contribution is 0.283. The van der Waals surface area contributed by atoms with Crippen LogP contribution in [0, 0.1) is 0 Å². The first-order valence-corrected chi connectivity index (χ1v) is 7.10. The van der Waals surface area contributed by atoms with Crippen LogP contribution in [0.15, 0.2) is 24.3 Å². The molecule has 3 heteroatoms.